The van der Waals surface area contributed by atoms with E-state index < -0.39 is 12.1 Å². The summed E-state index contributed by atoms with van der Waals surface area (Å²) in [5.74, 6) is -2.20. The summed E-state index contributed by atoms with van der Waals surface area (Å²) in [6.45, 7) is 5.02. The lowest BCUT2D eigenvalue weighted by atomic mass is 10.1. The van der Waals surface area contributed by atoms with E-state index in [4.69, 9.17) is 15.2 Å². The number of aliphatic carboxylic acids is 1. The Labute approximate surface area is 198 Å². The summed E-state index contributed by atoms with van der Waals surface area (Å²) in [7, 11) is 0. The Bertz CT molecular complexity index is 1260. The number of nitrogens with one attached hydrogen (secondary N) is 1. The Hall–Kier alpha value is -4.27. The number of nitrogens with zero attached hydrogens (tertiary/aromatic N) is 5. The molecule has 35 heavy (non-hydrogen) atoms. The molecule has 1 aliphatic heterocycles. The second-order valence-electron chi connectivity index (χ2n) is 7.86. The van der Waals surface area contributed by atoms with Gasteiger partial charge in [0, 0.05) is 42.9 Å². The first-order chi connectivity index (χ1) is 16.5. The van der Waals surface area contributed by atoms with Gasteiger partial charge in [-0.2, -0.15) is 18.4 Å². The summed E-state index contributed by atoms with van der Waals surface area (Å²) in [5.41, 5.74) is 4.97. The summed E-state index contributed by atoms with van der Waals surface area (Å²) < 4.78 is 31.7. The van der Waals surface area contributed by atoms with Gasteiger partial charge in [-0.3, -0.25) is 14.8 Å². The zero-order valence-electron chi connectivity index (χ0n) is 18.8. The Morgan fingerprint density at radius 1 is 1.23 bits per heavy atom. The summed E-state index contributed by atoms with van der Waals surface area (Å²) >= 11 is 0. The van der Waals surface area contributed by atoms with Gasteiger partial charge in [0.15, 0.2) is 5.82 Å². The third-order valence-electron chi connectivity index (χ3n) is 5.35. The fourth-order valence-electron chi connectivity index (χ4n) is 3.36. The number of hydrogen-bond donors (Lipinski definition) is 2. The molecule has 182 valence electrons. The number of carbonyl (C=O) groups excluding carboxylic acids is 1. The molecule has 3 aromatic heterocycles. The van der Waals surface area contributed by atoms with Crippen LogP contribution >= 0.6 is 0 Å². The number of alkyl halides is 3. The molecule has 1 atom stereocenters. The lowest BCUT2D eigenvalue weighted by molar-refractivity contribution is -0.192. The van der Waals surface area contributed by atoms with Gasteiger partial charge in [0.1, 0.15) is 5.69 Å². The highest BCUT2D eigenvalue weighted by Crippen LogP contribution is 2.25. The highest BCUT2D eigenvalue weighted by atomic mass is 19.4. The molecule has 0 spiro atoms. The molecular weight excluding hydrogens is 465 g/mol. The van der Waals surface area contributed by atoms with Crippen LogP contribution in [0.15, 0.2) is 36.8 Å². The van der Waals surface area contributed by atoms with Crippen molar-refractivity contribution in [3.8, 4) is 28.7 Å². The summed E-state index contributed by atoms with van der Waals surface area (Å²) in [5, 5.41) is 16.2. The number of carboxylic acids is 1. The van der Waals surface area contributed by atoms with E-state index in [1.807, 2.05) is 32.0 Å². The van der Waals surface area contributed by atoms with Crippen LogP contribution in [0.3, 0.4) is 0 Å². The third-order valence-corrected chi connectivity index (χ3v) is 5.35. The van der Waals surface area contributed by atoms with E-state index in [1.54, 1.807) is 23.5 Å². The van der Waals surface area contributed by atoms with Crippen molar-refractivity contribution < 1.29 is 27.9 Å². The average Bonchev–Trinajstić information content (AvgIpc) is 3.45. The van der Waals surface area contributed by atoms with Gasteiger partial charge >= 0.3 is 12.1 Å². The maximum atomic E-state index is 12.8. The first kappa shape index (κ1) is 25.4. The van der Waals surface area contributed by atoms with Gasteiger partial charge in [-0.15, -0.1) is 0 Å². The van der Waals surface area contributed by atoms with E-state index in [0.717, 1.165) is 40.5 Å². The molecule has 4 heterocycles. The van der Waals surface area contributed by atoms with Gasteiger partial charge in [-0.25, -0.2) is 9.78 Å². The Morgan fingerprint density at radius 2 is 1.94 bits per heavy atom. The first-order valence-corrected chi connectivity index (χ1v) is 10.4. The van der Waals surface area contributed by atoms with Crippen molar-refractivity contribution >= 4 is 11.9 Å². The van der Waals surface area contributed by atoms with E-state index >= 15 is 0 Å². The average molecular weight is 486 g/mol. The van der Waals surface area contributed by atoms with E-state index in [1.165, 1.54) is 0 Å². The van der Waals surface area contributed by atoms with Gasteiger partial charge in [0.25, 0.3) is 5.91 Å². The second kappa shape index (κ2) is 10.3. The summed E-state index contributed by atoms with van der Waals surface area (Å²) in [6.07, 6.45) is 0.679. The van der Waals surface area contributed by atoms with Crippen LogP contribution in [-0.4, -0.2) is 61.1 Å². The minimum absolute atomic E-state index is 0.0805. The molecule has 0 saturated carbocycles. The van der Waals surface area contributed by atoms with E-state index in [2.05, 4.69) is 26.0 Å². The highest BCUT2D eigenvalue weighted by Gasteiger charge is 2.38. The molecule has 0 radical (unpaired) electrons. The van der Waals surface area contributed by atoms with Crippen LogP contribution in [0.2, 0.25) is 0 Å². The normalized spacial score (nSPS) is 15.2. The molecule has 3 aromatic rings. The number of H-pyrrole nitrogens is 1. The molecule has 12 heteroatoms. The quantitative estimate of drug-likeness (QED) is 0.575. The zero-order chi connectivity index (χ0) is 25.8. The molecule has 9 nitrogen and oxygen atoms in total. The van der Waals surface area contributed by atoms with Gasteiger partial charge in [0.05, 0.1) is 23.2 Å². The third kappa shape index (κ3) is 6.20. The van der Waals surface area contributed by atoms with Crippen LogP contribution in [0.5, 0.6) is 0 Å². The molecule has 1 unspecified atom stereocenters. The van der Waals surface area contributed by atoms with Crippen LogP contribution in [-0.2, 0) is 4.79 Å². The van der Waals surface area contributed by atoms with Gasteiger partial charge < -0.3 is 15.0 Å². The Morgan fingerprint density at radius 3 is 2.51 bits per heavy atom. The number of aryl methyl sites for hydroxylation is 2. The lowest BCUT2D eigenvalue weighted by Gasteiger charge is -2.15. The number of aromatic amines is 1. The number of nitriles is 1. The molecule has 1 amide bonds. The SMILES string of the molecule is Cc1nc(-c2cc(-c3cncc(C(=O)N4CCC(C#N)C4)c3)ccn2)[nH]c1C.O=C(O)C(F)(F)F. The molecule has 0 aliphatic carbocycles. The molecule has 1 saturated heterocycles. The largest absolute Gasteiger partial charge is 0.490 e. The molecule has 0 bridgehead atoms. The summed E-state index contributed by atoms with van der Waals surface area (Å²) in [4.78, 5) is 39.8. The van der Waals surface area contributed by atoms with E-state index in [-0.39, 0.29) is 11.8 Å². The Kier molecular flexibility index (Phi) is 7.49. The number of halogens is 3. The lowest BCUT2D eigenvalue weighted by Crippen LogP contribution is -2.28. The number of pyridine rings is 2. The minimum atomic E-state index is -5.08. The van der Waals surface area contributed by atoms with Crippen LogP contribution < -0.4 is 0 Å². The Balaban J connectivity index is 0.000000429. The van der Waals surface area contributed by atoms with Crippen LogP contribution in [0.4, 0.5) is 13.2 Å². The minimum Gasteiger partial charge on any atom is -0.475 e. The van der Waals surface area contributed by atoms with Crippen LogP contribution in [0, 0.1) is 31.1 Å². The number of likely N-dealkylation sites (tertiary alicyclic amines) is 1. The maximum absolute atomic E-state index is 12.8. The number of imidazole rings is 1. The van der Waals surface area contributed by atoms with Gasteiger partial charge in [-0.1, -0.05) is 0 Å². The first-order valence-electron chi connectivity index (χ1n) is 10.4. The van der Waals surface area contributed by atoms with Crippen molar-refractivity contribution in [2.24, 2.45) is 5.92 Å². The van der Waals surface area contributed by atoms with Gasteiger partial charge in [-0.05, 0) is 44.0 Å². The van der Waals surface area contributed by atoms with Crippen molar-refractivity contribution in [2.45, 2.75) is 26.4 Å². The molecule has 0 aromatic carbocycles. The van der Waals surface area contributed by atoms with Crippen molar-refractivity contribution in [3.63, 3.8) is 0 Å². The predicted octanol–water partition coefficient (Wildman–Crippen LogP) is 3.77. The van der Waals surface area contributed by atoms with Crippen molar-refractivity contribution in [2.75, 3.05) is 13.1 Å². The molecule has 4 rings (SSSR count). The number of carbonyl (C=O) groups is 2. The van der Waals surface area contributed by atoms with Crippen molar-refractivity contribution in [1.82, 2.24) is 24.8 Å². The maximum Gasteiger partial charge on any atom is 0.490 e. The van der Waals surface area contributed by atoms with Crippen molar-refractivity contribution in [1.29, 1.82) is 5.26 Å². The number of rotatable bonds is 3. The van der Waals surface area contributed by atoms with Crippen molar-refractivity contribution in [3.05, 3.63) is 53.7 Å². The number of hydrogen-bond acceptors (Lipinski definition) is 6. The number of carboxylic acid groups (broad SMARTS) is 1. The second-order valence-corrected chi connectivity index (χ2v) is 7.86. The van der Waals surface area contributed by atoms with Crippen LogP contribution in [0.1, 0.15) is 28.2 Å². The van der Waals surface area contributed by atoms with E-state index in [0.29, 0.717) is 18.7 Å². The predicted molar refractivity (Wildman–Crippen MR) is 118 cm³/mol. The van der Waals surface area contributed by atoms with Crippen LogP contribution in [0.25, 0.3) is 22.6 Å². The number of aromatic nitrogens is 4. The van der Waals surface area contributed by atoms with Gasteiger partial charge in [0.2, 0.25) is 0 Å². The fraction of sp³-hybridized carbons (Fsp3) is 0.304. The molecular formula is C23H21F3N6O3. The molecule has 2 N–H and O–H groups in total. The fourth-order valence-corrected chi connectivity index (χ4v) is 3.36. The monoisotopic (exact) mass is 486 g/mol. The molecule has 1 aliphatic rings. The number of amides is 1. The smallest absolute Gasteiger partial charge is 0.475 e. The topological polar surface area (TPSA) is 136 Å². The summed E-state index contributed by atoms with van der Waals surface area (Å²) in [6, 6.07) is 7.90. The highest BCUT2D eigenvalue weighted by molar-refractivity contribution is 5.95. The zero-order valence-corrected chi connectivity index (χ0v) is 18.8. The molecule has 1 fully saturated rings. The standard InChI is InChI=1S/C21H20N6O.C2HF3O2/c1-13-14(2)26-20(25-13)19-8-16(3-5-24-19)17-7-18(11-23-10-17)21(28)27-6-4-15(9-22)12-27;3-2(4,5)1(6)7/h3,5,7-8,10-11,15H,4,6,12H2,1-2H3,(H,25,26);(H,6,7). The van der Waals surface area contributed by atoms with E-state index in [9.17, 15) is 18.0 Å².